The Balaban J connectivity index is 1.68. The molecule has 1 fully saturated rings. The number of nitriles is 2. The summed E-state index contributed by atoms with van der Waals surface area (Å²) in [5, 5.41) is 18.2. The van der Waals surface area contributed by atoms with Gasteiger partial charge in [0.05, 0.1) is 19.0 Å². The number of hydrogen-bond acceptors (Lipinski definition) is 5. The molecule has 0 bridgehead atoms. The van der Waals surface area contributed by atoms with E-state index in [1.165, 1.54) is 5.56 Å². The third-order valence-electron chi connectivity index (χ3n) is 4.13. The van der Waals surface area contributed by atoms with Crippen molar-refractivity contribution in [2.45, 2.75) is 25.6 Å². The molecule has 1 aromatic carbocycles. The van der Waals surface area contributed by atoms with Crippen LogP contribution < -0.4 is 0 Å². The summed E-state index contributed by atoms with van der Waals surface area (Å²) in [6, 6.07) is 14.4. The lowest BCUT2D eigenvalue weighted by Gasteiger charge is -2.24. The van der Waals surface area contributed by atoms with E-state index in [1.54, 1.807) is 10.9 Å². The second-order valence-electron chi connectivity index (χ2n) is 5.88. The summed E-state index contributed by atoms with van der Waals surface area (Å²) < 4.78 is 7.65. The molecule has 0 saturated carbocycles. The van der Waals surface area contributed by atoms with Crippen molar-refractivity contribution in [3.05, 3.63) is 53.6 Å². The van der Waals surface area contributed by atoms with Crippen LogP contribution in [0.25, 0.3) is 0 Å². The molecule has 3 rings (SSSR count). The molecule has 6 nitrogen and oxygen atoms in total. The maximum absolute atomic E-state index is 9.24. The maximum Gasteiger partial charge on any atom is 0.176 e. The smallest absolute Gasteiger partial charge is 0.176 e. The maximum atomic E-state index is 9.24. The molecular weight excluding hydrogens is 302 g/mol. The molecular formula is C18H19N5O. The highest BCUT2D eigenvalue weighted by molar-refractivity contribution is 5.36. The van der Waals surface area contributed by atoms with Gasteiger partial charge in [0.15, 0.2) is 11.4 Å². The van der Waals surface area contributed by atoms with Gasteiger partial charge in [0, 0.05) is 26.2 Å². The van der Waals surface area contributed by atoms with Gasteiger partial charge in [-0.3, -0.25) is 4.90 Å². The van der Waals surface area contributed by atoms with Crippen molar-refractivity contribution in [1.29, 1.82) is 10.5 Å². The highest BCUT2D eigenvalue weighted by Crippen LogP contribution is 2.14. The Morgan fingerprint density at radius 1 is 1.21 bits per heavy atom. The minimum absolute atomic E-state index is 0.0240. The van der Waals surface area contributed by atoms with Gasteiger partial charge in [-0.25, -0.2) is 4.98 Å². The fourth-order valence-corrected chi connectivity index (χ4v) is 3.00. The van der Waals surface area contributed by atoms with E-state index in [1.807, 2.05) is 12.1 Å². The molecule has 1 atom stereocenters. The molecule has 24 heavy (non-hydrogen) atoms. The van der Waals surface area contributed by atoms with Gasteiger partial charge in [0.25, 0.3) is 0 Å². The monoisotopic (exact) mass is 321 g/mol. The quantitative estimate of drug-likeness (QED) is 0.859. The molecule has 2 heterocycles. The zero-order valence-electron chi connectivity index (χ0n) is 13.4. The predicted molar refractivity (Wildman–Crippen MR) is 87.7 cm³/mol. The average Bonchev–Trinajstić information content (AvgIpc) is 2.87. The molecule has 0 aliphatic carbocycles. The number of ether oxygens (including phenoxy) is 1. The Morgan fingerprint density at radius 2 is 2.04 bits per heavy atom. The van der Waals surface area contributed by atoms with Crippen molar-refractivity contribution in [2.75, 3.05) is 19.7 Å². The zero-order valence-corrected chi connectivity index (χ0v) is 13.4. The topological polar surface area (TPSA) is 77.9 Å². The van der Waals surface area contributed by atoms with Gasteiger partial charge in [0.1, 0.15) is 12.1 Å². The summed E-state index contributed by atoms with van der Waals surface area (Å²) in [6.07, 6.45) is 2.51. The second kappa shape index (κ2) is 7.74. The average molecular weight is 321 g/mol. The number of aromatic nitrogens is 2. The molecule has 0 N–H and O–H groups in total. The number of nitrogens with zero attached hydrogens (tertiary/aromatic N) is 5. The molecule has 1 aliphatic heterocycles. The van der Waals surface area contributed by atoms with Crippen molar-refractivity contribution in [1.82, 2.24) is 14.5 Å². The fraction of sp³-hybridized carbons (Fsp3) is 0.389. The van der Waals surface area contributed by atoms with E-state index in [0.29, 0.717) is 18.8 Å². The first-order chi connectivity index (χ1) is 11.8. The normalized spacial score (nSPS) is 18.5. The summed E-state index contributed by atoms with van der Waals surface area (Å²) in [4.78, 5) is 6.37. The first kappa shape index (κ1) is 16.2. The van der Waals surface area contributed by atoms with E-state index < -0.39 is 0 Å². The molecule has 0 amide bonds. The van der Waals surface area contributed by atoms with E-state index in [4.69, 9.17) is 10.00 Å². The van der Waals surface area contributed by atoms with Crippen LogP contribution >= 0.6 is 0 Å². The Kier molecular flexibility index (Phi) is 5.22. The Bertz CT molecular complexity index is 756. The first-order valence-corrected chi connectivity index (χ1v) is 8.03. The molecule has 2 aromatic rings. The Morgan fingerprint density at radius 3 is 2.79 bits per heavy atom. The van der Waals surface area contributed by atoms with Crippen LogP contribution in [0, 0.1) is 22.7 Å². The molecule has 0 radical (unpaired) electrons. The zero-order chi connectivity index (χ0) is 16.8. The lowest BCUT2D eigenvalue weighted by Crippen LogP contribution is -2.34. The highest BCUT2D eigenvalue weighted by Gasteiger charge is 2.21. The van der Waals surface area contributed by atoms with Gasteiger partial charge in [-0.15, -0.1) is 0 Å². The number of imidazole rings is 1. The number of hydrogen-bond donors (Lipinski definition) is 0. The largest absolute Gasteiger partial charge is 0.375 e. The van der Waals surface area contributed by atoms with Gasteiger partial charge in [0.2, 0.25) is 0 Å². The van der Waals surface area contributed by atoms with Crippen LogP contribution in [0.15, 0.2) is 36.7 Å². The van der Waals surface area contributed by atoms with Gasteiger partial charge >= 0.3 is 0 Å². The molecule has 1 aliphatic rings. The van der Waals surface area contributed by atoms with Crippen LogP contribution in [0.5, 0.6) is 0 Å². The molecule has 122 valence electrons. The van der Waals surface area contributed by atoms with Crippen LogP contribution in [-0.4, -0.2) is 40.3 Å². The molecule has 1 aromatic heterocycles. The Labute approximate surface area is 141 Å². The number of rotatable bonds is 4. The van der Waals surface area contributed by atoms with Crippen molar-refractivity contribution in [2.24, 2.45) is 0 Å². The van der Waals surface area contributed by atoms with Crippen molar-refractivity contribution >= 4 is 0 Å². The SMILES string of the molecule is N#Cc1ncn(C[C@H]2CN(Cc3ccccc3)CCCO2)c1C#N. The second-order valence-corrected chi connectivity index (χ2v) is 5.88. The summed E-state index contributed by atoms with van der Waals surface area (Å²) >= 11 is 0. The Hall–Kier alpha value is -2.67. The van der Waals surface area contributed by atoms with E-state index >= 15 is 0 Å². The summed E-state index contributed by atoms with van der Waals surface area (Å²) in [5.74, 6) is 0. The van der Waals surface area contributed by atoms with Crippen LogP contribution in [-0.2, 0) is 17.8 Å². The minimum atomic E-state index is -0.0240. The third kappa shape index (κ3) is 3.80. The van der Waals surface area contributed by atoms with Crippen LogP contribution in [0.3, 0.4) is 0 Å². The molecule has 1 saturated heterocycles. The van der Waals surface area contributed by atoms with E-state index in [2.05, 4.69) is 40.2 Å². The summed E-state index contributed by atoms with van der Waals surface area (Å²) in [6.45, 7) is 3.91. The van der Waals surface area contributed by atoms with E-state index in [0.717, 1.165) is 26.1 Å². The first-order valence-electron chi connectivity index (χ1n) is 8.03. The van der Waals surface area contributed by atoms with E-state index in [9.17, 15) is 5.26 Å². The van der Waals surface area contributed by atoms with Crippen molar-refractivity contribution in [3.8, 4) is 12.1 Å². The van der Waals surface area contributed by atoms with Crippen LogP contribution in [0.2, 0.25) is 0 Å². The van der Waals surface area contributed by atoms with Gasteiger partial charge in [-0.05, 0) is 12.0 Å². The van der Waals surface area contributed by atoms with Crippen molar-refractivity contribution in [3.63, 3.8) is 0 Å². The third-order valence-corrected chi connectivity index (χ3v) is 4.13. The predicted octanol–water partition coefficient (Wildman–Crippen LogP) is 1.92. The van der Waals surface area contributed by atoms with Gasteiger partial charge in [-0.1, -0.05) is 30.3 Å². The highest BCUT2D eigenvalue weighted by atomic mass is 16.5. The van der Waals surface area contributed by atoms with Gasteiger partial charge in [-0.2, -0.15) is 10.5 Å². The lowest BCUT2D eigenvalue weighted by atomic mass is 10.2. The standard InChI is InChI=1S/C18H19N5O/c19-9-17-18(10-20)23(14-21-17)13-16-12-22(7-4-8-24-16)11-15-5-2-1-3-6-15/h1-3,5-6,14,16H,4,7-8,11-13H2/t16-/m1/s1. The van der Waals surface area contributed by atoms with E-state index in [-0.39, 0.29) is 11.8 Å². The minimum Gasteiger partial charge on any atom is -0.375 e. The molecule has 6 heteroatoms. The van der Waals surface area contributed by atoms with Crippen molar-refractivity contribution < 1.29 is 4.74 Å². The summed E-state index contributed by atoms with van der Waals surface area (Å²) in [7, 11) is 0. The summed E-state index contributed by atoms with van der Waals surface area (Å²) in [5.41, 5.74) is 1.76. The molecule has 0 unspecified atom stereocenters. The lowest BCUT2D eigenvalue weighted by molar-refractivity contribution is 0.0413. The molecule has 0 spiro atoms. The van der Waals surface area contributed by atoms with Crippen LogP contribution in [0.4, 0.5) is 0 Å². The fourth-order valence-electron chi connectivity index (χ4n) is 3.00. The number of benzene rings is 1. The van der Waals surface area contributed by atoms with Gasteiger partial charge < -0.3 is 9.30 Å². The van der Waals surface area contributed by atoms with Crippen LogP contribution in [0.1, 0.15) is 23.4 Å².